The second-order valence-corrected chi connectivity index (χ2v) is 7.31. The number of benzene rings is 1. The zero-order valence-electron chi connectivity index (χ0n) is 11.1. The average Bonchev–Trinajstić information content (AvgIpc) is 2.82. The zero-order chi connectivity index (χ0) is 15.1. The Morgan fingerprint density at radius 3 is 2.35 bits per heavy atom. The zero-order valence-corrected chi connectivity index (χ0v) is 11.9. The summed E-state index contributed by atoms with van der Waals surface area (Å²) < 4.78 is 50.8. The van der Waals surface area contributed by atoms with E-state index in [0.29, 0.717) is 19.1 Å². The molecule has 4 nitrogen and oxygen atoms in total. The molecule has 112 valence electrons. The van der Waals surface area contributed by atoms with Crippen LogP contribution >= 0.6 is 0 Å². The summed E-state index contributed by atoms with van der Waals surface area (Å²) in [5.41, 5.74) is 5.11. The topological polar surface area (TPSA) is 80.4 Å². The van der Waals surface area contributed by atoms with E-state index in [1.54, 1.807) is 0 Å². The SMILES string of the molecule is CS(=O)(=O)c1c(F)cc(C2(CN)CCCC2)c(O)c1F. The molecule has 0 atom stereocenters. The van der Waals surface area contributed by atoms with Gasteiger partial charge in [0.05, 0.1) is 0 Å². The van der Waals surface area contributed by atoms with Crippen LogP contribution < -0.4 is 5.73 Å². The fraction of sp³-hybridized carbons (Fsp3) is 0.538. The Kier molecular flexibility index (Phi) is 3.77. The largest absolute Gasteiger partial charge is 0.505 e. The molecule has 1 saturated carbocycles. The van der Waals surface area contributed by atoms with Gasteiger partial charge in [-0.05, 0) is 18.9 Å². The predicted octanol–water partition coefficient (Wildman–Crippen LogP) is 1.84. The van der Waals surface area contributed by atoms with Crippen LogP contribution in [0.2, 0.25) is 0 Å². The van der Waals surface area contributed by atoms with Crippen LogP contribution in [0.1, 0.15) is 31.2 Å². The lowest BCUT2D eigenvalue weighted by atomic mass is 9.78. The second kappa shape index (κ2) is 4.96. The monoisotopic (exact) mass is 305 g/mol. The van der Waals surface area contributed by atoms with Crippen molar-refractivity contribution < 1.29 is 22.3 Å². The summed E-state index contributed by atoms with van der Waals surface area (Å²) in [5.74, 6) is -3.42. The molecule has 7 heteroatoms. The van der Waals surface area contributed by atoms with Crippen molar-refractivity contribution >= 4 is 9.84 Å². The lowest BCUT2D eigenvalue weighted by Gasteiger charge is -2.29. The van der Waals surface area contributed by atoms with E-state index in [9.17, 15) is 22.3 Å². The number of rotatable bonds is 3. The normalized spacial score (nSPS) is 18.4. The van der Waals surface area contributed by atoms with Crippen LogP contribution in [-0.4, -0.2) is 26.3 Å². The Labute approximate surface area is 116 Å². The fourth-order valence-electron chi connectivity index (χ4n) is 2.97. The van der Waals surface area contributed by atoms with E-state index in [0.717, 1.165) is 18.9 Å². The maximum Gasteiger partial charge on any atom is 0.186 e. The van der Waals surface area contributed by atoms with Crippen LogP contribution in [0.15, 0.2) is 11.0 Å². The van der Waals surface area contributed by atoms with Crippen LogP contribution in [0, 0.1) is 11.6 Å². The van der Waals surface area contributed by atoms with Gasteiger partial charge in [-0.25, -0.2) is 17.2 Å². The Morgan fingerprint density at radius 2 is 1.90 bits per heavy atom. The molecule has 20 heavy (non-hydrogen) atoms. The van der Waals surface area contributed by atoms with E-state index in [1.807, 2.05) is 0 Å². The summed E-state index contributed by atoms with van der Waals surface area (Å²) in [7, 11) is -4.09. The van der Waals surface area contributed by atoms with Crippen molar-refractivity contribution in [3.63, 3.8) is 0 Å². The van der Waals surface area contributed by atoms with Crippen LogP contribution in [0.25, 0.3) is 0 Å². The molecule has 3 N–H and O–H groups in total. The highest BCUT2D eigenvalue weighted by Gasteiger charge is 2.39. The fourth-order valence-corrected chi connectivity index (χ4v) is 3.81. The van der Waals surface area contributed by atoms with Gasteiger partial charge in [-0.3, -0.25) is 0 Å². The van der Waals surface area contributed by atoms with Crippen molar-refractivity contribution in [1.82, 2.24) is 0 Å². The summed E-state index contributed by atoms with van der Waals surface area (Å²) in [5, 5.41) is 9.96. The van der Waals surface area contributed by atoms with Gasteiger partial charge in [0, 0.05) is 23.8 Å². The molecule has 0 radical (unpaired) electrons. The Bertz CT molecular complexity index is 638. The number of aromatic hydroxyl groups is 1. The van der Waals surface area contributed by atoms with Gasteiger partial charge in [-0.15, -0.1) is 0 Å². The molecule has 0 spiro atoms. The summed E-state index contributed by atoms with van der Waals surface area (Å²) >= 11 is 0. The molecule has 2 rings (SSSR count). The standard InChI is InChI=1S/C13H17F2NO3S/c1-20(18,19)12-9(14)6-8(11(17)10(12)15)13(7-16)4-2-3-5-13/h6,17H,2-5,7,16H2,1H3. The van der Waals surface area contributed by atoms with E-state index in [4.69, 9.17) is 5.73 Å². The van der Waals surface area contributed by atoms with Gasteiger partial charge in [0.2, 0.25) is 0 Å². The van der Waals surface area contributed by atoms with Gasteiger partial charge in [0.1, 0.15) is 10.7 Å². The van der Waals surface area contributed by atoms with E-state index < -0.39 is 37.5 Å². The number of phenolic OH excluding ortho intramolecular Hbond substituents is 1. The van der Waals surface area contributed by atoms with Crippen molar-refractivity contribution in [3.8, 4) is 5.75 Å². The van der Waals surface area contributed by atoms with Gasteiger partial charge < -0.3 is 10.8 Å². The third-order valence-corrected chi connectivity index (χ3v) is 5.16. The quantitative estimate of drug-likeness (QED) is 0.893. The highest BCUT2D eigenvalue weighted by molar-refractivity contribution is 7.90. The number of halogens is 2. The highest BCUT2D eigenvalue weighted by atomic mass is 32.2. The molecule has 1 aromatic carbocycles. The molecule has 1 aromatic rings. The van der Waals surface area contributed by atoms with Crippen LogP contribution in [0.3, 0.4) is 0 Å². The maximum atomic E-state index is 14.1. The molecule has 1 aliphatic rings. The Balaban J connectivity index is 2.70. The average molecular weight is 305 g/mol. The minimum absolute atomic E-state index is 0.0694. The molecule has 0 bridgehead atoms. The van der Waals surface area contributed by atoms with Gasteiger partial charge in [-0.1, -0.05) is 12.8 Å². The minimum Gasteiger partial charge on any atom is -0.505 e. The number of sulfone groups is 1. The molecule has 0 aliphatic heterocycles. The molecule has 1 aliphatic carbocycles. The Hall–Kier alpha value is -1.21. The van der Waals surface area contributed by atoms with Gasteiger partial charge in [0.25, 0.3) is 0 Å². The second-order valence-electron chi connectivity index (χ2n) is 5.36. The van der Waals surface area contributed by atoms with Crippen LogP contribution in [0.4, 0.5) is 8.78 Å². The van der Waals surface area contributed by atoms with E-state index in [-0.39, 0.29) is 12.1 Å². The summed E-state index contributed by atoms with van der Waals surface area (Å²) in [6.45, 7) is 0.150. The first-order chi connectivity index (χ1) is 9.23. The first-order valence-electron chi connectivity index (χ1n) is 6.34. The van der Waals surface area contributed by atoms with Crippen molar-refractivity contribution in [3.05, 3.63) is 23.3 Å². The van der Waals surface area contributed by atoms with Gasteiger partial charge in [-0.2, -0.15) is 0 Å². The van der Waals surface area contributed by atoms with Crippen molar-refractivity contribution in [2.45, 2.75) is 36.0 Å². The summed E-state index contributed by atoms with van der Waals surface area (Å²) in [6, 6.07) is 0.910. The first-order valence-corrected chi connectivity index (χ1v) is 8.23. The lowest BCUT2D eigenvalue weighted by Crippen LogP contribution is -2.32. The van der Waals surface area contributed by atoms with Gasteiger partial charge >= 0.3 is 0 Å². The molecule has 0 amide bonds. The first kappa shape index (κ1) is 15.2. The van der Waals surface area contributed by atoms with Crippen molar-refractivity contribution in [1.29, 1.82) is 0 Å². The molecule has 0 saturated heterocycles. The number of phenols is 1. The van der Waals surface area contributed by atoms with Gasteiger partial charge in [0.15, 0.2) is 21.4 Å². The van der Waals surface area contributed by atoms with E-state index >= 15 is 0 Å². The summed E-state index contributed by atoms with van der Waals surface area (Å²) in [6.07, 6.45) is 3.64. The van der Waals surface area contributed by atoms with Crippen molar-refractivity contribution in [2.75, 3.05) is 12.8 Å². The maximum absolute atomic E-state index is 14.1. The van der Waals surface area contributed by atoms with E-state index in [1.165, 1.54) is 0 Å². The number of nitrogens with two attached hydrogens (primary N) is 1. The molecule has 0 unspecified atom stereocenters. The molecule has 0 heterocycles. The van der Waals surface area contributed by atoms with E-state index in [2.05, 4.69) is 0 Å². The smallest absolute Gasteiger partial charge is 0.186 e. The lowest BCUT2D eigenvalue weighted by molar-refractivity contribution is 0.369. The Morgan fingerprint density at radius 1 is 1.35 bits per heavy atom. The third kappa shape index (κ3) is 2.29. The number of hydrogen-bond donors (Lipinski definition) is 2. The predicted molar refractivity (Wildman–Crippen MR) is 70.3 cm³/mol. The third-order valence-electron chi connectivity index (χ3n) is 4.04. The van der Waals surface area contributed by atoms with Crippen molar-refractivity contribution in [2.24, 2.45) is 5.73 Å². The minimum atomic E-state index is -4.09. The number of hydrogen-bond acceptors (Lipinski definition) is 4. The van der Waals surface area contributed by atoms with Crippen LogP contribution in [0.5, 0.6) is 5.75 Å². The molecule has 1 fully saturated rings. The summed E-state index contributed by atoms with van der Waals surface area (Å²) in [4.78, 5) is -1.09. The molecular weight excluding hydrogens is 288 g/mol. The molecule has 0 aromatic heterocycles. The molecular formula is C13H17F2NO3S. The van der Waals surface area contributed by atoms with Crippen LogP contribution in [-0.2, 0) is 15.3 Å². The highest BCUT2D eigenvalue weighted by Crippen LogP contribution is 2.45.